The van der Waals surface area contributed by atoms with Crippen molar-refractivity contribution in [1.29, 1.82) is 0 Å². The molecule has 0 unspecified atom stereocenters. The van der Waals surface area contributed by atoms with E-state index in [1.807, 2.05) is 48.5 Å². The number of rotatable bonds is 4. The molecular formula is C40H34N4O2S. The molecule has 2 aromatic heterocycles. The Balaban J connectivity index is 1.14. The first-order chi connectivity index (χ1) is 22.6. The standard InChI is InChI=1S/C40H34N4O2S/c1-39(2)31-11-5-7-15-35(31)43(37-33(39)13-9-25-41-37)27-17-21-29(22-18-27)47(45,46)30-23-19-28(20-24-30)44-36-16-8-6-12-32(36)40(3,4)34-14-10-26-42-38(34)44/h5-26H,1-4H3. The van der Waals surface area contributed by atoms with E-state index in [1.165, 1.54) is 11.1 Å². The lowest BCUT2D eigenvalue weighted by molar-refractivity contribution is 0.596. The van der Waals surface area contributed by atoms with E-state index in [1.54, 1.807) is 36.7 Å². The van der Waals surface area contributed by atoms with E-state index in [2.05, 4.69) is 86.0 Å². The molecule has 0 aliphatic carbocycles. The maximum Gasteiger partial charge on any atom is 0.206 e. The lowest BCUT2D eigenvalue weighted by atomic mass is 9.74. The molecule has 4 heterocycles. The molecule has 2 aliphatic heterocycles. The van der Waals surface area contributed by atoms with Crippen molar-refractivity contribution in [1.82, 2.24) is 9.97 Å². The number of sulfone groups is 1. The van der Waals surface area contributed by atoms with Crippen molar-refractivity contribution in [3.63, 3.8) is 0 Å². The number of pyridine rings is 2. The Kier molecular flexibility index (Phi) is 6.43. The molecule has 4 aromatic carbocycles. The van der Waals surface area contributed by atoms with Gasteiger partial charge in [0.15, 0.2) is 0 Å². The van der Waals surface area contributed by atoms with Crippen LogP contribution in [0.25, 0.3) is 0 Å². The number of fused-ring (bicyclic) bond motifs is 4. The Morgan fingerprint density at radius 3 is 1.23 bits per heavy atom. The van der Waals surface area contributed by atoms with Crippen molar-refractivity contribution in [2.24, 2.45) is 0 Å². The van der Waals surface area contributed by atoms with Gasteiger partial charge in [-0.3, -0.25) is 9.80 Å². The number of hydrogen-bond donors (Lipinski definition) is 0. The van der Waals surface area contributed by atoms with Crippen LogP contribution >= 0.6 is 0 Å². The molecule has 47 heavy (non-hydrogen) atoms. The third-order valence-electron chi connectivity index (χ3n) is 9.79. The maximum absolute atomic E-state index is 13.9. The van der Waals surface area contributed by atoms with Gasteiger partial charge in [0.1, 0.15) is 11.6 Å². The molecular weight excluding hydrogens is 601 g/mol. The SMILES string of the molecule is CC1(C)c2ccccc2N(c2ccc(S(=O)(=O)c3ccc(N4c5ccccc5C(C)(C)c5cccnc54)cc3)cc2)c2ncccc21. The second-order valence-electron chi connectivity index (χ2n) is 13.2. The lowest BCUT2D eigenvalue weighted by Gasteiger charge is -2.41. The van der Waals surface area contributed by atoms with Crippen molar-refractivity contribution in [3.8, 4) is 0 Å². The van der Waals surface area contributed by atoms with E-state index < -0.39 is 9.84 Å². The molecule has 0 atom stereocenters. The molecule has 6 nitrogen and oxygen atoms in total. The summed E-state index contributed by atoms with van der Waals surface area (Å²) in [6, 6.07) is 39.0. The summed E-state index contributed by atoms with van der Waals surface area (Å²) in [5.41, 5.74) is 7.93. The summed E-state index contributed by atoms with van der Waals surface area (Å²) >= 11 is 0. The average molecular weight is 635 g/mol. The van der Waals surface area contributed by atoms with Gasteiger partial charge in [0.25, 0.3) is 0 Å². The minimum absolute atomic E-state index is 0.225. The second-order valence-corrected chi connectivity index (χ2v) is 15.1. The van der Waals surface area contributed by atoms with Crippen molar-refractivity contribution in [2.75, 3.05) is 9.80 Å². The Morgan fingerprint density at radius 2 is 0.830 bits per heavy atom. The molecule has 0 saturated heterocycles. The number of aromatic nitrogens is 2. The maximum atomic E-state index is 13.9. The molecule has 0 saturated carbocycles. The van der Waals surface area contributed by atoms with Crippen molar-refractivity contribution >= 4 is 44.2 Å². The van der Waals surface area contributed by atoms with Gasteiger partial charge in [-0.25, -0.2) is 18.4 Å². The first kappa shape index (κ1) is 29.2. The normalized spacial score (nSPS) is 15.7. The fourth-order valence-corrected chi connectivity index (χ4v) is 8.51. The molecule has 8 rings (SSSR count). The van der Waals surface area contributed by atoms with Crippen LogP contribution < -0.4 is 9.80 Å². The summed E-state index contributed by atoms with van der Waals surface area (Å²) in [6.07, 6.45) is 3.60. The highest BCUT2D eigenvalue weighted by atomic mass is 32.2. The van der Waals surface area contributed by atoms with Crippen LogP contribution in [0.1, 0.15) is 49.9 Å². The third kappa shape index (κ3) is 4.33. The van der Waals surface area contributed by atoms with Gasteiger partial charge in [0.05, 0.1) is 21.2 Å². The van der Waals surface area contributed by atoms with E-state index >= 15 is 0 Å². The average Bonchev–Trinajstić information content (AvgIpc) is 3.09. The van der Waals surface area contributed by atoms with Crippen LogP contribution in [-0.4, -0.2) is 18.4 Å². The third-order valence-corrected chi connectivity index (χ3v) is 11.6. The molecule has 232 valence electrons. The second kappa shape index (κ2) is 10.4. The summed E-state index contributed by atoms with van der Waals surface area (Å²) in [5, 5.41) is 0. The number of para-hydroxylation sites is 2. The van der Waals surface area contributed by atoms with Gasteiger partial charge in [-0.05, 0) is 83.9 Å². The van der Waals surface area contributed by atoms with Crippen LogP contribution in [0.3, 0.4) is 0 Å². The largest absolute Gasteiger partial charge is 0.294 e. The minimum Gasteiger partial charge on any atom is -0.294 e. The van der Waals surface area contributed by atoms with Gasteiger partial charge in [-0.15, -0.1) is 0 Å². The van der Waals surface area contributed by atoms with Crippen LogP contribution in [0.15, 0.2) is 144 Å². The van der Waals surface area contributed by atoms with E-state index in [-0.39, 0.29) is 20.6 Å². The highest BCUT2D eigenvalue weighted by molar-refractivity contribution is 7.91. The zero-order chi connectivity index (χ0) is 32.6. The molecule has 0 bridgehead atoms. The quantitative estimate of drug-likeness (QED) is 0.192. The zero-order valence-electron chi connectivity index (χ0n) is 26.7. The Labute approximate surface area is 275 Å². The molecule has 6 aromatic rings. The lowest BCUT2D eigenvalue weighted by Crippen LogP contribution is -2.31. The van der Waals surface area contributed by atoms with Crippen molar-refractivity contribution in [3.05, 3.63) is 156 Å². The fourth-order valence-electron chi connectivity index (χ4n) is 7.25. The Morgan fingerprint density at radius 1 is 0.468 bits per heavy atom. The van der Waals surface area contributed by atoms with E-state index in [9.17, 15) is 8.42 Å². The Bertz CT molecular complexity index is 2020. The zero-order valence-corrected chi connectivity index (χ0v) is 27.5. The van der Waals surface area contributed by atoms with Crippen LogP contribution in [-0.2, 0) is 20.7 Å². The molecule has 0 radical (unpaired) electrons. The number of benzene rings is 4. The summed E-state index contributed by atoms with van der Waals surface area (Å²) in [4.78, 5) is 14.2. The highest BCUT2D eigenvalue weighted by Crippen LogP contribution is 2.52. The van der Waals surface area contributed by atoms with Gasteiger partial charge in [0, 0.05) is 45.7 Å². The van der Waals surface area contributed by atoms with Crippen LogP contribution in [0.4, 0.5) is 34.4 Å². The first-order valence-corrected chi connectivity index (χ1v) is 17.2. The predicted molar refractivity (Wildman–Crippen MR) is 188 cm³/mol. The van der Waals surface area contributed by atoms with E-state index in [0.29, 0.717) is 0 Å². The molecule has 0 spiro atoms. The predicted octanol–water partition coefficient (Wildman–Crippen LogP) is 9.53. The minimum atomic E-state index is -3.78. The monoisotopic (exact) mass is 634 g/mol. The Hall–Kier alpha value is -5.27. The molecule has 2 aliphatic rings. The van der Waals surface area contributed by atoms with Gasteiger partial charge in [-0.1, -0.05) is 76.2 Å². The van der Waals surface area contributed by atoms with E-state index in [0.717, 1.165) is 45.5 Å². The van der Waals surface area contributed by atoms with E-state index in [4.69, 9.17) is 9.97 Å². The molecule has 0 fully saturated rings. The first-order valence-electron chi connectivity index (χ1n) is 15.8. The molecule has 0 N–H and O–H groups in total. The summed E-state index contributed by atoms with van der Waals surface area (Å²) in [5.74, 6) is 1.70. The molecule has 0 amide bonds. The fraction of sp³-hybridized carbons (Fsp3) is 0.150. The van der Waals surface area contributed by atoms with Crippen LogP contribution in [0.2, 0.25) is 0 Å². The van der Waals surface area contributed by atoms with Crippen LogP contribution in [0, 0.1) is 0 Å². The smallest absolute Gasteiger partial charge is 0.206 e. The van der Waals surface area contributed by atoms with Gasteiger partial charge >= 0.3 is 0 Å². The number of anilines is 6. The number of hydrogen-bond acceptors (Lipinski definition) is 6. The van der Waals surface area contributed by atoms with Gasteiger partial charge in [0.2, 0.25) is 9.84 Å². The summed E-state index contributed by atoms with van der Waals surface area (Å²) < 4.78 is 27.8. The summed E-state index contributed by atoms with van der Waals surface area (Å²) in [6.45, 7) is 8.85. The van der Waals surface area contributed by atoms with Crippen molar-refractivity contribution in [2.45, 2.75) is 48.3 Å². The topological polar surface area (TPSA) is 66.4 Å². The van der Waals surface area contributed by atoms with Gasteiger partial charge in [-0.2, -0.15) is 0 Å². The summed E-state index contributed by atoms with van der Waals surface area (Å²) in [7, 11) is -3.78. The van der Waals surface area contributed by atoms with Crippen LogP contribution in [0.5, 0.6) is 0 Å². The highest BCUT2D eigenvalue weighted by Gasteiger charge is 2.39. The van der Waals surface area contributed by atoms with Gasteiger partial charge < -0.3 is 0 Å². The number of nitrogens with zero attached hydrogens (tertiary/aromatic N) is 4. The van der Waals surface area contributed by atoms with Crippen molar-refractivity contribution < 1.29 is 8.42 Å². The molecule has 7 heteroatoms.